The standard InChI is InChI=1S/C19H26N4O2/c1-14-18(15(2)23(21-14)17-6-4-3-5-7-17)10-20-19(25)12-22-9-8-16(11-22)13-24/h3-7,16,24H,8-13H2,1-2H3,(H,20,25). The number of amides is 1. The molecule has 25 heavy (non-hydrogen) atoms. The Hall–Kier alpha value is -2.18. The average molecular weight is 342 g/mol. The number of carbonyl (C=O) groups is 1. The van der Waals surface area contributed by atoms with Crippen LogP contribution in [0.15, 0.2) is 30.3 Å². The fourth-order valence-electron chi connectivity index (χ4n) is 3.40. The van der Waals surface area contributed by atoms with Gasteiger partial charge in [-0.05, 0) is 44.9 Å². The molecular formula is C19H26N4O2. The molecule has 1 fully saturated rings. The number of aliphatic hydroxyl groups is 1. The SMILES string of the molecule is Cc1nn(-c2ccccc2)c(C)c1CNC(=O)CN1CCC(CO)C1. The van der Waals surface area contributed by atoms with Crippen molar-refractivity contribution in [2.75, 3.05) is 26.2 Å². The molecule has 2 heterocycles. The Balaban J connectivity index is 1.60. The van der Waals surface area contributed by atoms with E-state index in [2.05, 4.69) is 15.3 Å². The number of nitrogens with one attached hydrogen (secondary N) is 1. The molecule has 0 saturated carbocycles. The number of aliphatic hydroxyl groups excluding tert-OH is 1. The van der Waals surface area contributed by atoms with Gasteiger partial charge < -0.3 is 10.4 Å². The molecule has 0 bridgehead atoms. The van der Waals surface area contributed by atoms with Crippen LogP contribution in [0.4, 0.5) is 0 Å². The Labute approximate surface area is 148 Å². The van der Waals surface area contributed by atoms with Crippen molar-refractivity contribution in [1.82, 2.24) is 20.0 Å². The fourth-order valence-corrected chi connectivity index (χ4v) is 3.40. The number of hydrogen-bond acceptors (Lipinski definition) is 4. The van der Waals surface area contributed by atoms with E-state index in [1.165, 1.54) is 0 Å². The van der Waals surface area contributed by atoms with Crippen LogP contribution < -0.4 is 5.32 Å². The third kappa shape index (κ3) is 4.08. The van der Waals surface area contributed by atoms with Gasteiger partial charge in [-0.1, -0.05) is 18.2 Å². The molecule has 3 rings (SSSR count). The summed E-state index contributed by atoms with van der Waals surface area (Å²) in [7, 11) is 0. The predicted octanol–water partition coefficient (Wildman–Crippen LogP) is 1.42. The van der Waals surface area contributed by atoms with Crippen LogP contribution in [-0.2, 0) is 11.3 Å². The summed E-state index contributed by atoms with van der Waals surface area (Å²) in [5.41, 5.74) is 4.06. The maximum atomic E-state index is 12.2. The van der Waals surface area contributed by atoms with E-state index in [1.807, 2.05) is 48.9 Å². The summed E-state index contributed by atoms with van der Waals surface area (Å²) in [6.45, 7) is 6.76. The summed E-state index contributed by atoms with van der Waals surface area (Å²) >= 11 is 0. The second kappa shape index (κ2) is 7.80. The Bertz CT molecular complexity index is 727. The minimum absolute atomic E-state index is 0.0184. The molecule has 1 aromatic carbocycles. The van der Waals surface area contributed by atoms with Gasteiger partial charge in [0.15, 0.2) is 0 Å². The Morgan fingerprint density at radius 1 is 1.32 bits per heavy atom. The highest BCUT2D eigenvalue weighted by atomic mass is 16.3. The molecule has 6 nitrogen and oxygen atoms in total. The normalized spacial score (nSPS) is 17.8. The quantitative estimate of drug-likeness (QED) is 0.833. The number of aromatic nitrogens is 2. The van der Waals surface area contributed by atoms with Gasteiger partial charge in [0.1, 0.15) is 0 Å². The molecule has 1 atom stereocenters. The second-order valence-electron chi connectivity index (χ2n) is 6.75. The molecule has 1 amide bonds. The lowest BCUT2D eigenvalue weighted by atomic mass is 10.1. The molecule has 2 N–H and O–H groups in total. The summed E-state index contributed by atoms with van der Waals surface area (Å²) in [5.74, 6) is 0.325. The van der Waals surface area contributed by atoms with Crippen molar-refractivity contribution in [2.45, 2.75) is 26.8 Å². The van der Waals surface area contributed by atoms with Gasteiger partial charge in [-0.15, -0.1) is 0 Å². The van der Waals surface area contributed by atoms with Crippen LogP contribution >= 0.6 is 0 Å². The Kier molecular flexibility index (Phi) is 5.50. The van der Waals surface area contributed by atoms with Crippen molar-refractivity contribution in [1.29, 1.82) is 0 Å². The zero-order chi connectivity index (χ0) is 17.8. The number of para-hydroxylation sites is 1. The van der Waals surface area contributed by atoms with Crippen molar-refractivity contribution in [3.63, 3.8) is 0 Å². The lowest BCUT2D eigenvalue weighted by molar-refractivity contribution is -0.122. The highest BCUT2D eigenvalue weighted by molar-refractivity contribution is 5.78. The van der Waals surface area contributed by atoms with Gasteiger partial charge in [0, 0.05) is 31.0 Å². The fraction of sp³-hybridized carbons (Fsp3) is 0.474. The van der Waals surface area contributed by atoms with E-state index in [0.717, 1.165) is 42.1 Å². The maximum absolute atomic E-state index is 12.2. The highest BCUT2D eigenvalue weighted by Crippen LogP contribution is 2.18. The van der Waals surface area contributed by atoms with Crippen molar-refractivity contribution < 1.29 is 9.90 Å². The molecule has 134 valence electrons. The molecule has 6 heteroatoms. The van der Waals surface area contributed by atoms with Crippen LogP contribution in [0.1, 0.15) is 23.4 Å². The first kappa shape index (κ1) is 17.6. The van der Waals surface area contributed by atoms with Crippen LogP contribution in [0.5, 0.6) is 0 Å². The lowest BCUT2D eigenvalue weighted by Gasteiger charge is -2.15. The maximum Gasteiger partial charge on any atom is 0.234 e. The first-order valence-corrected chi connectivity index (χ1v) is 8.79. The summed E-state index contributed by atoms with van der Waals surface area (Å²) in [5, 5.41) is 16.8. The molecule has 1 aromatic heterocycles. The zero-order valence-electron chi connectivity index (χ0n) is 14.9. The molecule has 0 radical (unpaired) electrons. The summed E-state index contributed by atoms with van der Waals surface area (Å²) in [6.07, 6.45) is 0.964. The Morgan fingerprint density at radius 3 is 2.76 bits per heavy atom. The number of likely N-dealkylation sites (tertiary alicyclic amines) is 1. The molecule has 0 aliphatic carbocycles. The first-order chi connectivity index (χ1) is 12.1. The minimum atomic E-state index is 0.0184. The summed E-state index contributed by atoms with van der Waals surface area (Å²) < 4.78 is 1.92. The molecular weight excluding hydrogens is 316 g/mol. The third-order valence-corrected chi connectivity index (χ3v) is 4.90. The van der Waals surface area contributed by atoms with E-state index in [9.17, 15) is 9.90 Å². The molecule has 2 aromatic rings. The van der Waals surface area contributed by atoms with Gasteiger partial charge >= 0.3 is 0 Å². The van der Waals surface area contributed by atoms with Gasteiger partial charge in [-0.3, -0.25) is 9.69 Å². The van der Waals surface area contributed by atoms with Crippen LogP contribution in [0.25, 0.3) is 5.69 Å². The smallest absolute Gasteiger partial charge is 0.234 e. The monoisotopic (exact) mass is 342 g/mol. The molecule has 1 unspecified atom stereocenters. The largest absolute Gasteiger partial charge is 0.396 e. The van der Waals surface area contributed by atoms with E-state index >= 15 is 0 Å². The topological polar surface area (TPSA) is 70.4 Å². The summed E-state index contributed by atoms with van der Waals surface area (Å²) in [4.78, 5) is 14.3. The van der Waals surface area contributed by atoms with Crippen LogP contribution in [0.2, 0.25) is 0 Å². The van der Waals surface area contributed by atoms with Gasteiger partial charge in [0.25, 0.3) is 0 Å². The van der Waals surface area contributed by atoms with E-state index in [1.54, 1.807) is 0 Å². The van der Waals surface area contributed by atoms with Crippen molar-refractivity contribution >= 4 is 5.91 Å². The van der Waals surface area contributed by atoms with Crippen molar-refractivity contribution in [3.05, 3.63) is 47.3 Å². The number of hydrogen-bond donors (Lipinski definition) is 2. The van der Waals surface area contributed by atoms with E-state index in [-0.39, 0.29) is 12.5 Å². The Morgan fingerprint density at radius 2 is 2.08 bits per heavy atom. The number of carbonyl (C=O) groups excluding carboxylic acids is 1. The van der Waals surface area contributed by atoms with Crippen LogP contribution in [0.3, 0.4) is 0 Å². The van der Waals surface area contributed by atoms with Gasteiger partial charge in [0.05, 0.1) is 17.9 Å². The van der Waals surface area contributed by atoms with Crippen molar-refractivity contribution in [2.24, 2.45) is 5.92 Å². The van der Waals surface area contributed by atoms with Gasteiger partial charge in [-0.25, -0.2) is 4.68 Å². The van der Waals surface area contributed by atoms with Crippen molar-refractivity contribution in [3.8, 4) is 5.69 Å². The number of aryl methyl sites for hydroxylation is 1. The first-order valence-electron chi connectivity index (χ1n) is 8.79. The minimum Gasteiger partial charge on any atom is -0.396 e. The lowest BCUT2D eigenvalue weighted by Crippen LogP contribution is -2.36. The van der Waals surface area contributed by atoms with Crippen LogP contribution in [-0.4, -0.2) is 51.9 Å². The van der Waals surface area contributed by atoms with Crippen LogP contribution in [0, 0.1) is 19.8 Å². The molecule has 1 aliphatic rings. The summed E-state index contributed by atoms with van der Waals surface area (Å²) in [6, 6.07) is 10.0. The predicted molar refractivity (Wildman–Crippen MR) is 96.5 cm³/mol. The number of benzene rings is 1. The van der Waals surface area contributed by atoms with E-state index in [0.29, 0.717) is 19.0 Å². The van der Waals surface area contributed by atoms with Gasteiger partial charge in [0.2, 0.25) is 5.91 Å². The second-order valence-corrected chi connectivity index (χ2v) is 6.75. The third-order valence-electron chi connectivity index (χ3n) is 4.90. The van der Waals surface area contributed by atoms with E-state index in [4.69, 9.17) is 0 Å². The molecule has 0 spiro atoms. The van der Waals surface area contributed by atoms with Gasteiger partial charge in [-0.2, -0.15) is 5.10 Å². The molecule has 1 aliphatic heterocycles. The molecule has 1 saturated heterocycles. The van der Waals surface area contributed by atoms with E-state index < -0.39 is 0 Å². The highest BCUT2D eigenvalue weighted by Gasteiger charge is 2.23. The number of rotatable bonds is 6. The zero-order valence-corrected chi connectivity index (χ0v) is 14.9. The average Bonchev–Trinajstić information content (AvgIpc) is 3.18. The number of nitrogens with zero attached hydrogens (tertiary/aromatic N) is 3.